The third kappa shape index (κ3) is 4.18. The van der Waals surface area contributed by atoms with Crippen molar-refractivity contribution in [1.29, 1.82) is 0 Å². The van der Waals surface area contributed by atoms with E-state index in [4.69, 9.17) is 14.4 Å². The summed E-state index contributed by atoms with van der Waals surface area (Å²) >= 11 is 1.52. The summed E-state index contributed by atoms with van der Waals surface area (Å²) in [4.78, 5) is 29.9. The van der Waals surface area contributed by atoms with E-state index in [9.17, 15) is 9.59 Å². The number of ether oxygens (including phenoxy) is 1. The molecule has 9 heteroatoms. The standard InChI is InChI=1S/C15H17N3O5S/c19-13(18-5-6-22-10(9-18)8-14(20)21)4-3-12-16-15(17-23-12)11-2-1-7-24-11/h1-2,7,10H,3-6,8-9H2,(H,20,21)/t10-/m0/s1. The van der Waals surface area contributed by atoms with Crippen molar-refractivity contribution in [1.82, 2.24) is 15.0 Å². The average Bonchev–Trinajstić information content (AvgIpc) is 3.23. The molecule has 1 aliphatic rings. The third-order valence-corrected chi connectivity index (χ3v) is 4.52. The van der Waals surface area contributed by atoms with Gasteiger partial charge in [-0.3, -0.25) is 9.59 Å². The molecule has 0 bridgehead atoms. The Labute approximate surface area is 142 Å². The van der Waals surface area contributed by atoms with Crippen LogP contribution in [0.3, 0.4) is 0 Å². The lowest BCUT2D eigenvalue weighted by Gasteiger charge is -2.32. The van der Waals surface area contributed by atoms with Gasteiger partial charge in [0.15, 0.2) is 0 Å². The van der Waals surface area contributed by atoms with Crippen molar-refractivity contribution in [2.45, 2.75) is 25.4 Å². The lowest BCUT2D eigenvalue weighted by Crippen LogP contribution is -2.46. The highest BCUT2D eigenvalue weighted by Crippen LogP contribution is 2.21. The van der Waals surface area contributed by atoms with Gasteiger partial charge in [0.25, 0.3) is 0 Å². The summed E-state index contributed by atoms with van der Waals surface area (Å²) in [6.07, 6.45) is 0.0517. The minimum Gasteiger partial charge on any atom is -0.481 e. The summed E-state index contributed by atoms with van der Waals surface area (Å²) < 4.78 is 10.5. The number of carbonyl (C=O) groups excluding carboxylic acids is 1. The number of amides is 1. The number of rotatable bonds is 6. The molecule has 8 nitrogen and oxygen atoms in total. The molecule has 1 atom stereocenters. The summed E-state index contributed by atoms with van der Waals surface area (Å²) in [5, 5.41) is 14.7. The molecule has 2 aromatic rings. The predicted octanol–water partition coefficient (Wildman–Crippen LogP) is 1.43. The fourth-order valence-electron chi connectivity index (χ4n) is 2.50. The highest BCUT2D eigenvalue weighted by Gasteiger charge is 2.26. The molecule has 2 aromatic heterocycles. The summed E-state index contributed by atoms with van der Waals surface area (Å²) in [5.41, 5.74) is 0. The van der Waals surface area contributed by atoms with Crippen molar-refractivity contribution in [2.24, 2.45) is 0 Å². The van der Waals surface area contributed by atoms with E-state index in [1.54, 1.807) is 4.90 Å². The van der Waals surface area contributed by atoms with Gasteiger partial charge in [-0.25, -0.2) is 0 Å². The van der Waals surface area contributed by atoms with Crippen LogP contribution in [0.15, 0.2) is 22.0 Å². The Bertz CT molecular complexity index is 700. The molecule has 1 fully saturated rings. The first kappa shape index (κ1) is 16.6. The van der Waals surface area contributed by atoms with Crippen LogP contribution in [0.4, 0.5) is 0 Å². The van der Waals surface area contributed by atoms with Crippen LogP contribution in [0.1, 0.15) is 18.7 Å². The number of aromatic nitrogens is 2. The number of carbonyl (C=O) groups is 2. The molecule has 128 valence electrons. The number of hydrogen-bond acceptors (Lipinski definition) is 7. The van der Waals surface area contributed by atoms with Crippen molar-refractivity contribution >= 4 is 23.2 Å². The predicted molar refractivity (Wildman–Crippen MR) is 84.5 cm³/mol. The molecule has 1 saturated heterocycles. The van der Waals surface area contributed by atoms with E-state index in [0.717, 1.165) is 4.88 Å². The van der Waals surface area contributed by atoms with Crippen molar-refractivity contribution < 1.29 is 24.0 Å². The molecular weight excluding hydrogens is 334 g/mol. The second-order valence-corrected chi connectivity index (χ2v) is 6.37. The van der Waals surface area contributed by atoms with Crippen LogP contribution in [-0.4, -0.2) is 57.8 Å². The highest BCUT2D eigenvalue weighted by atomic mass is 32.1. The first-order chi connectivity index (χ1) is 11.6. The van der Waals surface area contributed by atoms with Crippen molar-refractivity contribution in [3.05, 3.63) is 23.4 Å². The number of thiophene rings is 1. The zero-order valence-electron chi connectivity index (χ0n) is 12.9. The fourth-order valence-corrected chi connectivity index (χ4v) is 3.15. The number of nitrogens with zero attached hydrogens (tertiary/aromatic N) is 3. The monoisotopic (exact) mass is 351 g/mol. The van der Waals surface area contributed by atoms with Crippen LogP contribution in [0.5, 0.6) is 0 Å². The van der Waals surface area contributed by atoms with Gasteiger partial charge in [0.05, 0.1) is 24.0 Å². The summed E-state index contributed by atoms with van der Waals surface area (Å²) in [6.45, 7) is 1.13. The minimum absolute atomic E-state index is 0.0652. The lowest BCUT2D eigenvalue weighted by molar-refractivity contribution is -0.147. The maximum absolute atomic E-state index is 12.3. The molecule has 1 aliphatic heterocycles. The number of morpholine rings is 1. The first-order valence-corrected chi connectivity index (χ1v) is 8.47. The molecule has 0 spiro atoms. The maximum Gasteiger partial charge on any atom is 0.306 e. The molecule has 24 heavy (non-hydrogen) atoms. The van der Waals surface area contributed by atoms with Crippen LogP contribution in [0.25, 0.3) is 10.7 Å². The quantitative estimate of drug-likeness (QED) is 0.839. The molecule has 3 heterocycles. The van der Waals surface area contributed by atoms with E-state index in [1.165, 1.54) is 11.3 Å². The second-order valence-electron chi connectivity index (χ2n) is 5.42. The van der Waals surface area contributed by atoms with Crippen molar-refractivity contribution in [3.63, 3.8) is 0 Å². The number of aryl methyl sites for hydroxylation is 1. The van der Waals surface area contributed by atoms with E-state index < -0.39 is 12.1 Å². The normalized spacial score (nSPS) is 17.8. The van der Waals surface area contributed by atoms with Crippen molar-refractivity contribution in [3.8, 4) is 10.7 Å². The SMILES string of the molecule is O=C(O)C[C@H]1CN(C(=O)CCc2nc(-c3cccs3)no2)CCO1. The summed E-state index contributed by atoms with van der Waals surface area (Å²) in [7, 11) is 0. The molecule has 0 aromatic carbocycles. The van der Waals surface area contributed by atoms with Gasteiger partial charge < -0.3 is 19.3 Å². The Morgan fingerprint density at radius 3 is 3.08 bits per heavy atom. The van der Waals surface area contributed by atoms with Crippen LogP contribution in [-0.2, 0) is 20.7 Å². The Hall–Kier alpha value is -2.26. The number of carboxylic acid groups (broad SMARTS) is 1. The van der Waals surface area contributed by atoms with Crippen LogP contribution in [0, 0.1) is 0 Å². The maximum atomic E-state index is 12.3. The third-order valence-electron chi connectivity index (χ3n) is 3.66. The molecule has 1 N–H and O–H groups in total. The van der Waals surface area contributed by atoms with Gasteiger partial charge in [-0.2, -0.15) is 4.98 Å². The Morgan fingerprint density at radius 2 is 2.33 bits per heavy atom. The molecule has 0 saturated carbocycles. The largest absolute Gasteiger partial charge is 0.481 e. The highest BCUT2D eigenvalue weighted by molar-refractivity contribution is 7.13. The van der Waals surface area contributed by atoms with Gasteiger partial charge in [-0.1, -0.05) is 11.2 Å². The Morgan fingerprint density at radius 1 is 1.46 bits per heavy atom. The molecule has 0 aliphatic carbocycles. The van der Waals surface area contributed by atoms with E-state index >= 15 is 0 Å². The van der Waals surface area contributed by atoms with Gasteiger partial charge >= 0.3 is 5.97 Å². The van der Waals surface area contributed by atoms with Gasteiger partial charge in [-0.05, 0) is 11.4 Å². The van der Waals surface area contributed by atoms with Crippen LogP contribution < -0.4 is 0 Å². The van der Waals surface area contributed by atoms with Gasteiger partial charge in [-0.15, -0.1) is 11.3 Å². The van der Waals surface area contributed by atoms with E-state index in [0.29, 0.717) is 37.8 Å². The van der Waals surface area contributed by atoms with Crippen molar-refractivity contribution in [2.75, 3.05) is 19.7 Å². The molecule has 0 unspecified atom stereocenters. The molecular formula is C15H17N3O5S. The Kier molecular flexibility index (Phi) is 5.21. The second kappa shape index (κ2) is 7.54. The van der Waals surface area contributed by atoms with Crippen LogP contribution >= 0.6 is 11.3 Å². The molecule has 1 amide bonds. The Balaban J connectivity index is 1.51. The smallest absolute Gasteiger partial charge is 0.306 e. The number of aliphatic carboxylic acids is 1. The molecule has 0 radical (unpaired) electrons. The van der Waals surface area contributed by atoms with E-state index in [2.05, 4.69) is 10.1 Å². The van der Waals surface area contributed by atoms with Gasteiger partial charge in [0.2, 0.25) is 17.6 Å². The minimum atomic E-state index is -0.929. The van der Waals surface area contributed by atoms with E-state index in [-0.39, 0.29) is 18.7 Å². The summed E-state index contributed by atoms with van der Waals surface area (Å²) in [6, 6.07) is 3.81. The topological polar surface area (TPSA) is 106 Å². The van der Waals surface area contributed by atoms with Gasteiger partial charge in [0, 0.05) is 25.9 Å². The first-order valence-electron chi connectivity index (χ1n) is 7.59. The fraction of sp³-hybridized carbons (Fsp3) is 0.467. The average molecular weight is 351 g/mol. The molecule has 3 rings (SSSR count). The summed E-state index contributed by atoms with van der Waals surface area (Å²) in [5.74, 6) is -0.0479. The zero-order chi connectivity index (χ0) is 16.9. The number of hydrogen-bond donors (Lipinski definition) is 1. The zero-order valence-corrected chi connectivity index (χ0v) is 13.7. The van der Waals surface area contributed by atoms with Crippen LogP contribution in [0.2, 0.25) is 0 Å². The lowest BCUT2D eigenvalue weighted by atomic mass is 10.2. The van der Waals surface area contributed by atoms with E-state index in [1.807, 2.05) is 17.5 Å². The van der Waals surface area contributed by atoms with Gasteiger partial charge in [0.1, 0.15) is 0 Å². The number of carboxylic acids is 1.